The molecule has 9 heteroatoms. The van der Waals surface area contributed by atoms with Crippen molar-refractivity contribution in [3.8, 4) is 0 Å². The predicted molar refractivity (Wildman–Crippen MR) is 65.5 cm³/mol. The first-order valence-corrected chi connectivity index (χ1v) is 7.85. The third-order valence-electron chi connectivity index (χ3n) is 3.25. The van der Waals surface area contributed by atoms with Crippen LogP contribution in [0.3, 0.4) is 0 Å². The van der Waals surface area contributed by atoms with Gasteiger partial charge in [-0.15, -0.1) is 0 Å². The Hall–Kier alpha value is -1.09. The van der Waals surface area contributed by atoms with Crippen LogP contribution in [0.5, 0.6) is 0 Å². The summed E-state index contributed by atoms with van der Waals surface area (Å²) in [5.74, 6) is 0. The molecule has 114 valence electrons. The number of piperidine rings is 1. The number of sulfonamides is 1. The maximum absolute atomic E-state index is 12.9. The molecule has 0 bridgehead atoms. The van der Waals surface area contributed by atoms with E-state index >= 15 is 0 Å². The average Bonchev–Trinajstić information content (AvgIpc) is 2.84. The van der Waals surface area contributed by atoms with E-state index in [-0.39, 0.29) is 19.6 Å². The highest BCUT2D eigenvalue weighted by Crippen LogP contribution is 2.34. The van der Waals surface area contributed by atoms with Gasteiger partial charge in [0.05, 0.1) is 0 Å². The van der Waals surface area contributed by atoms with Crippen LogP contribution in [0.15, 0.2) is 11.1 Å². The van der Waals surface area contributed by atoms with Gasteiger partial charge in [-0.1, -0.05) is 6.42 Å². The van der Waals surface area contributed by atoms with Crippen molar-refractivity contribution < 1.29 is 21.6 Å². The zero-order chi connectivity index (χ0) is 15.0. The van der Waals surface area contributed by atoms with Gasteiger partial charge in [0, 0.05) is 25.8 Å². The Morgan fingerprint density at radius 1 is 1.25 bits per heavy atom. The molecular weight excluding hydrogens is 295 g/mol. The SMILES string of the molecule is CCn1cc(S(=O)(=O)N2CCCCC2)c(C(F)(F)F)n1. The summed E-state index contributed by atoms with van der Waals surface area (Å²) in [6.07, 6.45) is -1.58. The molecular formula is C11H16F3N3O2S. The summed E-state index contributed by atoms with van der Waals surface area (Å²) >= 11 is 0. The maximum Gasteiger partial charge on any atom is 0.436 e. The van der Waals surface area contributed by atoms with Gasteiger partial charge in [-0.05, 0) is 19.8 Å². The first-order valence-electron chi connectivity index (χ1n) is 6.41. The quantitative estimate of drug-likeness (QED) is 0.859. The number of alkyl halides is 3. The molecule has 0 aliphatic carbocycles. The molecule has 1 aliphatic heterocycles. The summed E-state index contributed by atoms with van der Waals surface area (Å²) in [5, 5.41) is 3.35. The molecule has 1 aliphatic rings. The second-order valence-corrected chi connectivity index (χ2v) is 6.57. The van der Waals surface area contributed by atoms with Crippen molar-refractivity contribution in [2.24, 2.45) is 0 Å². The number of hydrogen-bond acceptors (Lipinski definition) is 3. The van der Waals surface area contributed by atoms with E-state index in [1.807, 2.05) is 0 Å². The zero-order valence-electron chi connectivity index (χ0n) is 11.0. The molecule has 1 saturated heterocycles. The zero-order valence-corrected chi connectivity index (χ0v) is 11.8. The number of hydrogen-bond donors (Lipinski definition) is 0. The molecule has 0 N–H and O–H groups in total. The van der Waals surface area contributed by atoms with E-state index in [1.165, 1.54) is 0 Å². The molecule has 1 fully saturated rings. The van der Waals surface area contributed by atoms with Crippen LogP contribution < -0.4 is 0 Å². The molecule has 2 heterocycles. The molecule has 2 rings (SSSR count). The maximum atomic E-state index is 12.9. The second-order valence-electron chi connectivity index (χ2n) is 4.66. The van der Waals surface area contributed by atoms with E-state index in [9.17, 15) is 21.6 Å². The molecule has 5 nitrogen and oxygen atoms in total. The van der Waals surface area contributed by atoms with Crippen LogP contribution in [0.2, 0.25) is 0 Å². The molecule has 0 saturated carbocycles. The van der Waals surface area contributed by atoms with Gasteiger partial charge >= 0.3 is 6.18 Å². The minimum Gasteiger partial charge on any atom is -0.271 e. The summed E-state index contributed by atoms with van der Waals surface area (Å²) in [5.41, 5.74) is -1.33. The smallest absolute Gasteiger partial charge is 0.271 e. The van der Waals surface area contributed by atoms with Gasteiger partial charge in [-0.3, -0.25) is 4.68 Å². The van der Waals surface area contributed by atoms with Gasteiger partial charge in [-0.25, -0.2) is 8.42 Å². The normalized spacial score (nSPS) is 18.4. The Labute approximate surface area is 115 Å². The monoisotopic (exact) mass is 311 g/mol. The average molecular weight is 311 g/mol. The Morgan fingerprint density at radius 2 is 1.85 bits per heavy atom. The van der Waals surface area contributed by atoms with E-state index in [0.717, 1.165) is 21.6 Å². The van der Waals surface area contributed by atoms with Gasteiger partial charge in [-0.2, -0.15) is 22.6 Å². The standard InChI is InChI=1S/C11H16F3N3O2S/c1-2-16-8-9(10(15-16)11(12,13)14)20(18,19)17-6-4-3-5-7-17/h8H,2-7H2,1H3. The molecule has 0 radical (unpaired) electrons. The Kier molecular flexibility index (Phi) is 4.10. The van der Waals surface area contributed by atoms with Crippen molar-refractivity contribution in [3.05, 3.63) is 11.9 Å². The molecule has 20 heavy (non-hydrogen) atoms. The minimum atomic E-state index is -4.78. The van der Waals surface area contributed by atoms with Crippen molar-refractivity contribution >= 4 is 10.0 Å². The summed E-state index contributed by atoms with van der Waals surface area (Å²) in [7, 11) is -4.14. The fraction of sp³-hybridized carbons (Fsp3) is 0.727. The third-order valence-corrected chi connectivity index (χ3v) is 5.15. The van der Waals surface area contributed by atoms with Crippen molar-refractivity contribution in [2.75, 3.05) is 13.1 Å². The van der Waals surface area contributed by atoms with Crippen LogP contribution in [-0.2, 0) is 22.7 Å². The minimum absolute atomic E-state index is 0.179. The highest BCUT2D eigenvalue weighted by Gasteiger charge is 2.42. The summed E-state index contributed by atoms with van der Waals surface area (Å²) < 4.78 is 65.6. The first-order chi connectivity index (χ1) is 9.26. The molecule has 0 atom stereocenters. The topological polar surface area (TPSA) is 55.2 Å². The summed E-state index contributed by atoms with van der Waals surface area (Å²) in [6, 6.07) is 0. The van der Waals surface area contributed by atoms with Crippen LogP contribution >= 0.6 is 0 Å². The van der Waals surface area contributed by atoms with E-state index < -0.39 is 26.8 Å². The lowest BCUT2D eigenvalue weighted by atomic mass is 10.2. The van der Waals surface area contributed by atoms with E-state index in [1.54, 1.807) is 6.92 Å². The fourth-order valence-corrected chi connectivity index (χ4v) is 3.87. The number of rotatable bonds is 3. The van der Waals surface area contributed by atoms with Crippen LogP contribution in [0.1, 0.15) is 31.9 Å². The highest BCUT2D eigenvalue weighted by molar-refractivity contribution is 7.89. The Morgan fingerprint density at radius 3 is 2.35 bits per heavy atom. The van der Waals surface area contributed by atoms with Gasteiger partial charge < -0.3 is 0 Å². The third kappa shape index (κ3) is 2.83. The van der Waals surface area contributed by atoms with E-state index in [4.69, 9.17) is 0 Å². The number of nitrogens with zero attached hydrogens (tertiary/aromatic N) is 3. The molecule has 0 amide bonds. The number of halogens is 3. The van der Waals surface area contributed by atoms with Crippen LogP contribution in [0.25, 0.3) is 0 Å². The lowest BCUT2D eigenvalue weighted by Gasteiger charge is -2.25. The molecule has 0 spiro atoms. The Balaban J connectivity index is 2.47. The predicted octanol–water partition coefficient (Wildman–Crippen LogP) is 2.10. The van der Waals surface area contributed by atoms with Crippen molar-refractivity contribution in [3.63, 3.8) is 0 Å². The summed E-state index contributed by atoms with van der Waals surface area (Å²) in [4.78, 5) is -0.742. The molecule has 0 unspecified atom stereocenters. The molecule has 0 aromatic carbocycles. The van der Waals surface area contributed by atoms with Gasteiger partial charge in [0.15, 0.2) is 5.69 Å². The number of aromatic nitrogens is 2. The largest absolute Gasteiger partial charge is 0.436 e. The van der Waals surface area contributed by atoms with Crippen LogP contribution in [0.4, 0.5) is 13.2 Å². The van der Waals surface area contributed by atoms with Crippen LogP contribution in [0, 0.1) is 0 Å². The number of aryl methyl sites for hydroxylation is 1. The van der Waals surface area contributed by atoms with Crippen molar-refractivity contribution in [2.45, 2.75) is 43.8 Å². The van der Waals surface area contributed by atoms with E-state index in [0.29, 0.717) is 12.8 Å². The van der Waals surface area contributed by atoms with Gasteiger partial charge in [0.25, 0.3) is 0 Å². The Bertz CT molecular complexity index is 574. The van der Waals surface area contributed by atoms with Crippen molar-refractivity contribution in [1.82, 2.24) is 14.1 Å². The van der Waals surface area contributed by atoms with Gasteiger partial charge in [0.1, 0.15) is 4.90 Å². The lowest BCUT2D eigenvalue weighted by Crippen LogP contribution is -2.36. The van der Waals surface area contributed by atoms with Crippen LogP contribution in [-0.4, -0.2) is 35.6 Å². The first kappa shape index (κ1) is 15.3. The fourth-order valence-electron chi connectivity index (χ4n) is 2.19. The highest BCUT2D eigenvalue weighted by atomic mass is 32.2. The molecule has 1 aromatic rings. The second kappa shape index (κ2) is 5.36. The molecule has 1 aromatic heterocycles. The summed E-state index contributed by atoms with van der Waals surface area (Å²) in [6.45, 7) is 2.30. The van der Waals surface area contributed by atoms with E-state index in [2.05, 4.69) is 5.10 Å². The van der Waals surface area contributed by atoms with Gasteiger partial charge in [0.2, 0.25) is 10.0 Å². The van der Waals surface area contributed by atoms with Crippen molar-refractivity contribution in [1.29, 1.82) is 0 Å². The lowest BCUT2D eigenvalue weighted by molar-refractivity contribution is -0.143.